The van der Waals surface area contributed by atoms with Gasteiger partial charge in [-0.05, 0) is 127 Å². The molecule has 0 saturated heterocycles. The zero-order chi connectivity index (χ0) is 29.0. The number of unbranched alkanes of at least 4 members (excludes halogenated alkanes) is 3. The van der Waals surface area contributed by atoms with Crippen molar-refractivity contribution in [1.82, 2.24) is 4.90 Å². The highest BCUT2D eigenvalue weighted by molar-refractivity contribution is 7.99. The van der Waals surface area contributed by atoms with E-state index in [0.29, 0.717) is 35.2 Å². The molecule has 4 nitrogen and oxygen atoms in total. The number of nitrogens with zero attached hydrogens (tertiary/aromatic N) is 1. The number of phenolic OH excluding ortho intramolecular Hbond substituents is 1. The fourth-order valence-corrected chi connectivity index (χ4v) is 9.37. The van der Waals surface area contributed by atoms with E-state index in [-0.39, 0.29) is 17.4 Å². The topological polar surface area (TPSA) is 60.8 Å². The minimum absolute atomic E-state index is 0.00747. The van der Waals surface area contributed by atoms with Crippen LogP contribution in [-0.2, 0) is 17.6 Å². The Labute approximate surface area is 252 Å². The first-order valence-corrected chi connectivity index (χ1v) is 17.4. The maximum atomic E-state index is 12.2. The van der Waals surface area contributed by atoms with Gasteiger partial charge in [0, 0.05) is 13.6 Å². The van der Waals surface area contributed by atoms with Crippen LogP contribution in [0.1, 0.15) is 106 Å². The summed E-state index contributed by atoms with van der Waals surface area (Å²) in [5, 5.41) is 21.3. The molecule has 0 radical (unpaired) electrons. The van der Waals surface area contributed by atoms with Crippen LogP contribution in [0.25, 0.3) is 0 Å². The van der Waals surface area contributed by atoms with Crippen molar-refractivity contribution in [3.05, 3.63) is 64.7 Å². The van der Waals surface area contributed by atoms with E-state index in [1.807, 2.05) is 24.1 Å². The van der Waals surface area contributed by atoms with Crippen LogP contribution in [0.5, 0.6) is 5.75 Å². The molecule has 5 heteroatoms. The van der Waals surface area contributed by atoms with Gasteiger partial charge in [-0.2, -0.15) is 11.8 Å². The third-order valence-electron chi connectivity index (χ3n) is 10.8. The largest absolute Gasteiger partial charge is 0.508 e. The van der Waals surface area contributed by atoms with E-state index in [4.69, 9.17) is 0 Å². The lowest BCUT2D eigenvalue weighted by atomic mass is 9.51. The van der Waals surface area contributed by atoms with E-state index < -0.39 is 0 Å². The second kappa shape index (κ2) is 13.5. The number of fused-ring (bicyclic) bond motifs is 5. The van der Waals surface area contributed by atoms with Crippen LogP contribution >= 0.6 is 11.8 Å². The Kier molecular flexibility index (Phi) is 10.1. The van der Waals surface area contributed by atoms with Crippen molar-refractivity contribution in [3.63, 3.8) is 0 Å². The smallest absolute Gasteiger partial charge is 0.232 e. The van der Waals surface area contributed by atoms with Crippen LogP contribution in [0, 0.1) is 17.3 Å². The van der Waals surface area contributed by atoms with Crippen molar-refractivity contribution < 1.29 is 15.0 Å². The molecule has 3 aliphatic carbocycles. The molecule has 0 spiro atoms. The average molecular weight is 578 g/mol. The quantitative estimate of drug-likeness (QED) is 0.254. The molecule has 0 aliphatic heterocycles. The van der Waals surface area contributed by atoms with Crippen LogP contribution < -0.4 is 0 Å². The molecule has 2 N–H and O–H groups in total. The predicted molar refractivity (Wildman–Crippen MR) is 171 cm³/mol. The lowest BCUT2D eigenvalue weighted by Crippen LogP contribution is -2.47. The van der Waals surface area contributed by atoms with Gasteiger partial charge >= 0.3 is 0 Å². The van der Waals surface area contributed by atoms with E-state index in [0.717, 1.165) is 70.1 Å². The molecule has 41 heavy (non-hydrogen) atoms. The Hall–Kier alpha value is -1.98. The zero-order valence-electron chi connectivity index (χ0n) is 25.5. The number of hydrogen-bond donors (Lipinski definition) is 2. The first-order valence-electron chi connectivity index (χ1n) is 16.2. The van der Waals surface area contributed by atoms with Crippen molar-refractivity contribution in [1.29, 1.82) is 0 Å². The summed E-state index contributed by atoms with van der Waals surface area (Å²) in [5.41, 5.74) is 5.56. The molecule has 3 aliphatic rings. The van der Waals surface area contributed by atoms with Gasteiger partial charge in [0.05, 0.1) is 11.9 Å². The number of rotatable bonds is 12. The van der Waals surface area contributed by atoms with E-state index in [2.05, 4.69) is 44.2 Å². The molecular weight excluding hydrogens is 526 g/mol. The van der Waals surface area contributed by atoms with Crippen LogP contribution in [0.4, 0.5) is 0 Å². The number of aryl methyl sites for hydroxylation is 2. The summed E-state index contributed by atoms with van der Waals surface area (Å²) in [6.07, 6.45) is 11.9. The van der Waals surface area contributed by atoms with Crippen molar-refractivity contribution >= 4 is 17.7 Å². The molecule has 3 unspecified atom stereocenters. The lowest BCUT2D eigenvalue weighted by molar-refractivity contribution is -0.127. The third-order valence-corrected chi connectivity index (χ3v) is 11.9. The number of aliphatic hydroxyl groups is 1. The van der Waals surface area contributed by atoms with E-state index in [9.17, 15) is 15.0 Å². The number of aromatic hydroxyl groups is 1. The standard InChI is InChI=1S/C36H51NO3S/c1-4-5-20-37(3)34(40)24-41-21-8-6-7-9-25-10-12-26(13-11-25)31-23-36(2)32(18-19-33(36)39)30-16-14-27-22-28(38)15-17-29(27)35(30)31/h10-13,15,17,22,30-33,35,38-39H,4-9,14,16,18-21,23-24H2,1-3H3/t30?,31-,32?,33+,35?,36+/m1/s1. The molecule has 2 fully saturated rings. The first kappa shape index (κ1) is 30.5. The van der Waals surface area contributed by atoms with Crippen LogP contribution in [0.3, 0.4) is 0 Å². The fourth-order valence-electron chi connectivity index (χ4n) is 8.42. The minimum atomic E-state index is -0.199. The van der Waals surface area contributed by atoms with Gasteiger partial charge in [-0.3, -0.25) is 4.79 Å². The number of benzene rings is 2. The molecule has 6 atom stereocenters. The van der Waals surface area contributed by atoms with Gasteiger partial charge in [-0.25, -0.2) is 0 Å². The summed E-state index contributed by atoms with van der Waals surface area (Å²) in [6, 6.07) is 15.5. The van der Waals surface area contributed by atoms with Gasteiger partial charge in [0.2, 0.25) is 5.91 Å². The molecule has 2 aromatic rings. The van der Waals surface area contributed by atoms with Crippen molar-refractivity contribution in [2.75, 3.05) is 25.1 Å². The van der Waals surface area contributed by atoms with Gasteiger partial charge in [0.25, 0.3) is 0 Å². The number of phenols is 1. The monoisotopic (exact) mass is 577 g/mol. The first-order chi connectivity index (χ1) is 19.8. The average Bonchev–Trinajstić information content (AvgIpc) is 3.28. The number of carbonyl (C=O) groups excluding carboxylic acids is 1. The fraction of sp³-hybridized carbons (Fsp3) is 0.639. The molecule has 0 aromatic heterocycles. The highest BCUT2D eigenvalue weighted by Gasteiger charge is 2.57. The number of amides is 1. The third kappa shape index (κ3) is 6.67. The normalized spacial score (nSPS) is 28.5. The van der Waals surface area contributed by atoms with Crippen molar-refractivity contribution in [2.24, 2.45) is 17.3 Å². The van der Waals surface area contributed by atoms with Gasteiger partial charge in [-0.1, -0.05) is 57.0 Å². The second-order valence-corrected chi connectivity index (χ2v) is 14.5. The molecule has 0 bridgehead atoms. The highest BCUT2D eigenvalue weighted by Crippen LogP contribution is 2.65. The number of aliphatic hydroxyl groups excluding tert-OH is 1. The zero-order valence-corrected chi connectivity index (χ0v) is 26.3. The Bertz CT molecular complexity index is 1170. The van der Waals surface area contributed by atoms with Gasteiger partial charge in [0.15, 0.2) is 0 Å². The highest BCUT2D eigenvalue weighted by atomic mass is 32.2. The number of carbonyl (C=O) groups is 1. The second-order valence-electron chi connectivity index (χ2n) is 13.4. The minimum Gasteiger partial charge on any atom is -0.508 e. The van der Waals surface area contributed by atoms with E-state index in [1.165, 1.54) is 35.1 Å². The molecule has 2 aromatic carbocycles. The summed E-state index contributed by atoms with van der Waals surface area (Å²) in [5.74, 6) is 4.33. The van der Waals surface area contributed by atoms with Crippen LogP contribution in [0.2, 0.25) is 0 Å². The summed E-state index contributed by atoms with van der Waals surface area (Å²) >= 11 is 1.78. The summed E-state index contributed by atoms with van der Waals surface area (Å²) < 4.78 is 0. The lowest BCUT2D eigenvalue weighted by Gasteiger charge is -2.54. The molecule has 0 heterocycles. The molecule has 224 valence electrons. The summed E-state index contributed by atoms with van der Waals surface area (Å²) in [7, 11) is 1.92. The van der Waals surface area contributed by atoms with Crippen molar-refractivity contribution in [2.45, 2.75) is 102 Å². The van der Waals surface area contributed by atoms with Crippen LogP contribution in [-0.4, -0.2) is 52.2 Å². The van der Waals surface area contributed by atoms with E-state index in [1.54, 1.807) is 11.8 Å². The number of hydrogen-bond acceptors (Lipinski definition) is 4. The Morgan fingerprint density at radius 3 is 2.63 bits per heavy atom. The van der Waals surface area contributed by atoms with Crippen molar-refractivity contribution in [3.8, 4) is 5.75 Å². The molecule has 2 saturated carbocycles. The summed E-state index contributed by atoms with van der Waals surface area (Å²) in [6.45, 7) is 5.39. The predicted octanol–water partition coefficient (Wildman–Crippen LogP) is 7.71. The number of thioether (sulfide) groups is 1. The Balaban J connectivity index is 1.17. The van der Waals surface area contributed by atoms with Crippen LogP contribution in [0.15, 0.2) is 42.5 Å². The van der Waals surface area contributed by atoms with Gasteiger partial charge in [0.1, 0.15) is 5.75 Å². The SMILES string of the molecule is CCCCN(C)C(=O)CSCCCCCc1ccc([C@H]2C[C@@]3(C)C(CC[C@@H]3O)C3CCc4cc(O)ccc4C32)cc1. The summed E-state index contributed by atoms with van der Waals surface area (Å²) in [4.78, 5) is 14.1. The van der Waals surface area contributed by atoms with E-state index >= 15 is 0 Å². The maximum Gasteiger partial charge on any atom is 0.232 e. The van der Waals surface area contributed by atoms with Gasteiger partial charge in [-0.15, -0.1) is 0 Å². The Morgan fingerprint density at radius 2 is 1.85 bits per heavy atom. The van der Waals surface area contributed by atoms with Gasteiger partial charge < -0.3 is 15.1 Å². The molecule has 1 amide bonds. The Morgan fingerprint density at radius 1 is 1.05 bits per heavy atom. The molecule has 5 rings (SSSR count). The molecular formula is C36H51NO3S. The maximum absolute atomic E-state index is 12.2.